The molecular weight excluding hydrogens is 420 g/mol. The number of nitrogens with zero attached hydrogens (tertiary/aromatic N) is 2. The fourth-order valence-electron chi connectivity index (χ4n) is 1.79. The van der Waals surface area contributed by atoms with Crippen LogP contribution in [0, 0.1) is 27.7 Å². The highest BCUT2D eigenvalue weighted by atomic mass is 32.2. The molecule has 0 saturated carbocycles. The van der Waals surface area contributed by atoms with E-state index in [1.807, 2.05) is 10.8 Å². The van der Waals surface area contributed by atoms with Crippen molar-refractivity contribution in [3.63, 3.8) is 0 Å². The van der Waals surface area contributed by atoms with Crippen molar-refractivity contribution in [2.75, 3.05) is 30.2 Å². The van der Waals surface area contributed by atoms with Gasteiger partial charge in [-0.15, -0.1) is 0 Å². The molecule has 0 aliphatic rings. The average molecular weight is 446 g/mol. The van der Waals surface area contributed by atoms with E-state index in [0.717, 1.165) is 18.3 Å². The van der Waals surface area contributed by atoms with E-state index in [1.165, 1.54) is 0 Å². The van der Waals surface area contributed by atoms with Gasteiger partial charge in [0.25, 0.3) is 10.0 Å². The summed E-state index contributed by atoms with van der Waals surface area (Å²) >= 11 is 0.467. The van der Waals surface area contributed by atoms with Crippen LogP contribution in [0.5, 0.6) is 0 Å². The van der Waals surface area contributed by atoms with E-state index in [-0.39, 0.29) is 16.4 Å². The Morgan fingerprint density at radius 1 is 1.21 bits per heavy atom. The van der Waals surface area contributed by atoms with Crippen molar-refractivity contribution < 1.29 is 17.2 Å². The summed E-state index contributed by atoms with van der Waals surface area (Å²) in [5.41, 5.74) is 0.655. The van der Waals surface area contributed by atoms with Gasteiger partial charge in [0.2, 0.25) is 0 Å². The zero-order chi connectivity index (χ0) is 22.2. The van der Waals surface area contributed by atoms with Crippen LogP contribution >= 0.6 is 11.3 Å². The van der Waals surface area contributed by atoms with Crippen LogP contribution in [0.1, 0.15) is 33.3 Å². The van der Waals surface area contributed by atoms with Crippen molar-refractivity contribution in [2.24, 2.45) is 5.41 Å². The van der Waals surface area contributed by atoms with E-state index < -0.39 is 25.9 Å². The number of halogens is 2. The van der Waals surface area contributed by atoms with Gasteiger partial charge in [-0.1, -0.05) is 39.0 Å². The summed E-state index contributed by atoms with van der Waals surface area (Å²) in [6.45, 7) is 9.75. The largest absolute Gasteiger partial charge is 0.383 e. The Morgan fingerprint density at radius 2 is 1.83 bits per heavy atom. The van der Waals surface area contributed by atoms with Gasteiger partial charge in [-0.25, -0.2) is 17.8 Å². The molecule has 7 nitrogen and oxygen atoms in total. The highest BCUT2D eigenvalue weighted by Gasteiger charge is 2.23. The topological polar surface area (TPSA) is 107 Å². The van der Waals surface area contributed by atoms with Gasteiger partial charge in [0.15, 0.2) is 10.3 Å². The Hall–Kier alpha value is -2.29. The number of hydrogen-bond donors (Lipinski definition) is 3. The average Bonchev–Trinajstić information content (AvgIpc) is 2.97. The fraction of sp³-hybridized carbons (Fsp3) is 0.444. The molecule has 0 spiro atoms. The number of nitrogens with one attached hydrogen (secondary N) is 3. The first-order chi connectivity index (χ1) is 13.4. The Balaban J connectivity index is 0.000000749. The smallest absolute Gasteiger partial charge is 0.266 e. The van der Waals surface area contributed by atoms with E-state index in [0.29, 0.717) is 29.8 Å². The number of aromatic nitrogens is 1. The van der Waals surface area contributed by atoms with Gasteiger partial charge in [-0.2, -0.15) is 9.65 Å². The van der Waals surface area contributed by atoms with Crippen LogP contribution in [-0.2, 0) is 10.0 Å². The molecule has 0 aliphatic carbocycles. The molecule has 1 aromatic carbocycles. The van der Waals surface area contributed by atoms with Gasteiger partial charge in [0.1, 0.15) is 16.8 Å². The number of nitriles is 1. The van der Waals surface area contributed by atoms with Gasteiger partial charge < -0.3 is 10.6 Å². The van der Waals surface area contributed by atoms with Gasteiger partial charge in [0, 0.05) is 13.1 Å². The van der Waals surface area contributed by atoms with E-state index in [2.05, 4.69) is 43.3 Å². The lowest BCUT2D eigenvalue weighted by atomic mass is 10.0. The number of hydrogen-bond acceptors (Lipinski definition) is 7. The van der Waals surface area contributed by atoms with Gasteiger partial charge in [-0.05, 0) is 24.6 Å². The van der Waals surface area contributed by atoms with Crippen LogP contribution in [0.15, 0.2) is 23.2 Å². The maximum Gasteiger partial charge on any atom is 0.266 e. The molecule has 1 heterocycles. The van der Waals surface area contributed by atoms with E-state index >= 15 is 0 Å². The first-order valence-corrected chi connectivity index (χ1v) is 10.9. The number of sulfonamides is 1. The quantitative estimate of drug-likeness (QED) is 0.560. The molecule has 0 bridgehead atoms. The summed E-state index contributed by atoms with van der Waals surface area (Å²) in [5.74, 6) is -1.04. The fourth-order valence-corrected chi connectivity index (χ4v) is 3.66. The second-order valence-corrected chi connectivity index (χ2v) is 10.2. The molecule has 11 heteroatoms. The summed E-state index contributed by atoms with van der Waals surface area (Å²) in [7, 11) is -2.61. The van der Waals surface area contributed by atoms with Crippen molar-refractivity contribution in [3.05, 3.63) is 34.8 Å². The van der Waals surface area contributed by atoms with Crippen molar-refractivity contribution in [2.45, 2.75) is 32.6 Å². The molecule has 2 rings (SSSR count). The summed E-state index contributed by atoms with van der Waals surface area (Å²) in [5, 5.41) is 13.9. The third-order valence-corrected chi connectivity index (χ3v) is 5.06. The van der Waals surface area contributed by atoms with Gasteiger partial charge in [-0.3, -0.25) is 4.72 Å². The normalized spacial score (nSPS) is 11.2. The lowest BCUT2D eigenvalue weighted by molar-refractivity contribution is 0.469. The Labute approximate surface area is 174 Å². The van der Waals surface area contributed by atoms with Crippen molar-refractivity contribution in [1.29, 1.82) is 5.26 Å². The molecule has 3 N–H and O–H groups in total. The van der Waals surface area contributed by atoms with Crippen LogP contribution in [0.25, 0.3) is 0 Å². The van der Waals surface area contributed by atoms with Crippen LogP contribution in [-0.4, -0.2) is 33.5 Å². The molecule has 0 fully saturated rings. The molecule has 0 aliphatic heterocycles. The molecule has 0 amide bonds. The predicted octanol–water partition coefficient (Wildman–Crippen LogP) is 3.78. The Morgan fingerprint density at radius 3 is 2.31 bits per heavy atom. The van der Waals surface area contributed by atoms with Crippen LogP contribution in [0.4, 0.5) is 19.6 Å². The number of benzene rings is 1. The Bertz CT molecular complexity index is 958. The first-order valence-electron chi connectivity index (χ1n) is 8.63. The number of thiazole rings is 1. The lowest BCUT2D eigenvalue weighted by Gasteiger charge is -2.11. The number of likely N-dealkylation sites (N-methyl/N-ethyl adjacent to an activating group) is 1. The lowest BCUT2D eigenvalue weighted by Crippen LogP contribution is -2.19. The number of anilines is 2. The molecule has 2 aromatic rings. The molecule has 0 unspecified atom stereocenters. The third-order valence-electron chi connectivity index (χ3n) is 2.87. The maximum absolute atomic E-state index is 14.2. The minimum absolute atomic E-state index is 0.0294. The zero-order valence-corrected chi connectivity index (χ0v) is 18.6. The summed E-state index contributed by atoms with van der Waals surface area (Å²) < 4.78 is 53.5. The molecule has 160 valence electrons. The third kappa shape index (κ3) is 8.72. The van der Waals surface area contributed by atoms with Crippen molar-refractivity contribution in [3.8, 4) is 6.07 Å². The summed E-state index contributed by atoms with van der Waals surface area (Å²) in [6.07, 6.45) is 0.842. The molecule has 0 saturated heterocycles. The van der Waals surface area contributed by atoms with E-state index in [9.17, 15) is 17.2 Å². The highest BCUT2D eigenvalue weighted by Crippen LogP contribution is 2.26. The zero-order valence-electron chi connectivity index (χ0n) is 16.9. The predicted molar refractivity (Wildman–Crippen MR) is 112 cm³/mol. The number of rotatable bonds is 7. The van der Waals surface area contributed by atoms with Crippen LogP contribution in [0.2, 0.25) is 0 Å². The van der Waals surface area contributed by atoms with Crippen molar-refractivity contribution in [1.82, 2.24) is 10.3 Å². The molecule has 0 atom stereocenters. The van der Waals surface area contributed by atoms with Crippen molar-refractivity contribution >= 4 is 32.2 Å². The van der Waals surface area contributed by atoms with Gasteiger partial charge in [0.05, 0.1) is 17.4 Å². The molecular formula is C18H25F2N5O2S2. The minimum Gasteiger partial charge on any atom is -0.383 e. The first kappa shape index (κ1) is 24.7. The van der Waals surface area contributed by atoms with Gasteiger partial charge >= 0.3 is 0 Å². The maximum atomic E-state index is 14.2. The monoisotopic (exact) mass is 445 g/mol. The minimum atomic E-state index is -4.34. The Kier molecular flexibility index (Phi) is 8.94. The van der Waals surface area contributed by atoms with E-state index in [4.69, 9.17) is 5.26 Å². The molecule has 29 heavy (non-hydrogen) atoms. The van der Waals surface area contributed by atoms with E-state index in [1.54, 1.807) is 7.05 Å². The summed E-state index contributed by atoms with van der Waals surface area (Å²) in [4.78, 5) is 2.80. The second-order valence-electron chi connectivity index (χ2n) is 7.55. The molecule has 0 radical (unpaired) electrons. The molecule has 1 aromatic heterocycles. The van der Waals surface area contributed by atoms with Crippen LogP contribution < -0.4 is 15.4 Å². The van der Waals surface area contributed by atoms with Crippen LogP contribution in [0.3, 0.4) is 0 Å². The SMILES string of the molecule is CC(C)(C)C.CNCCNc1cc(F)c(S(=O)(=O)Nc2ncc(F)s2)cc1C#N. The summed E-state index contributed by atoms with van der Waals surface area (Å²) in [6, 6.07) is 3.67. The standard InChI is InChI=1S/C13H13F2N5O2S2.C5H12/c1-17-2-3-18-10-5-9(14)11(4-8(10)6-16)24(21,22)20-13-19-7-12(15)23-13;1-5(2,3)4/h4-5,7,17-18H,2-3H2,1H3,(H,19,20);1-4H3. The highest BCUT2D eigenvalue weighted by molar-refractivity contribution is 7.93. The second kappa shape index (κ2) is 10.5.